The molecule has 68 valence electrons. The van der Waals surface area contributed by atoms with Crippen LogP contribution in [0.25, 0.3) is 12.2 Å². The van der Waals surface area contributed by atoms with Crippen molar-refractivity contribution in [3.63, 3.8) is 0 Å². The molecule has 0 radical (unpaired) electrons. The maximum atomic E-state index is 10.5. The van der Waals surface area contributed by atoms with E-state index >= 15 is 0 Å². The Morgan fingerprint density at radius 1 is 1.36 bits per heavy atom. The SMILES string of the molecule is C=Cc1cccc2c1C=CC(=C=O)C2. The van der Waals surface area contributed by atoms with Crippen LogP contribution in [0.4, 0.5) is 0 Å². The van der Waals surface area contributed by atoms with Crippen LogP contribution in [-0.2, 0) is 11.2 Å². The molecule has 0 aliphatic heterocycles. The molecular weight excluding hydrogens is 172 g/mol. The summed E-state index contributed by atoms with van der Waals surface area (Å²) >= 11 is 0. The van der Waals surface area contributed by atoms with Crippen LogP contribution in [0.5, 0.6) is 0 Å². The monoisotopic (exact) mass is 182 g/mol. The first-order valence-corrected chi connectivity index (χ1v) is 4.51. The van der Waals surface area contributed by atoms with Crippen molar-refractivity contribution in [3.05, 3.63) is 53.1 Å². The molecule has 0 heterocycles. The quantitative estimate of drug-likeness (QED) is 0.610. The lowest BCUT2D eigenvalue weighted by atomic mass is 9.91. The lowest BCUT2D eigenvalue weighted by Gasteiger charge is -2.12. The number of benzene rings is 1. The van der Waals surface area contributed by atoms with Crippen molar-refractivity contribution in [2.24, 2.45) is 0 Å². The summed E-state index contributed by atoms with van der Waals surface area (Å²) < 4.78 is 0. The fourth-order valence-electron chi connectivity index (χ4n) is 1.69. The minimum Gasteiger partial charge on any atom is -0.233 e. The van der Waals surface area contributed by atoms with Crippen molar-refractivity contribution >= 4 is 18.1 Å². The van der Waals surface area contributed by atoms with Gasteiger partial charge < -0.3 is 0 Å². The first-order valence-electron chi connectivity index (χ1n) is 4.51. The molecule has 0 atom stereocenters. The summed E-state index contributed by atoms with van der Waals surface area (Å²) in [6.45, 7) is 3.76. The molecule has 0 bridgehead atoms. The van der Waals surface area contributed by atoms with E-state index in [1.165, 1.54) is 11.1 Å². The Balaban J connectivity index is 2.60. The van der Waals surface area contributed by atoms with Gasteiger partial charge in [0.1, 0.15) is 5.94 Å². The van der Waals surface area contributed by atoms with Crippen molar-refractivity contribution in [2.75, 3.05) is 0 Å². The molecule has 1 aromatic rings. The fourth-order valence-corrected chi connectivity index (χ4v) is 1.69. The van der Waals surface area contributed by atoms with Crippen LogP contribution in [0.15, 0.2) is 36.4 Å². The third-order valence-electron chi connectivity index (χ3n) is 2.41. The molecule has 0 N–H and O–H groups in total. The molecule has 0 aromatic heterocycles. The number of hydrogen-bond donors (Lipinski definition) is 0. The number of hydrogen-bond acceptors (Lipinski definition) is 1. The maximum absolute atomic E-state index is 10.5. The molecule has 0 amide bonds. The zero-order chi connectivity index (χ0) is 9.97. The molecule has 0 spiro atoms. The first-order chi connectivity index (χ1) is 6.85. The molecule has 1 aromatic carbocycles. The van der Waals surface area contributed by atoms with Gasteiger partial charge in [-0.2, -0.15) is 0 Å². The van der Waals surface area contributed by atoms with E-state index in [1.807, 2.05) is 42.4 Å². The van der Waals surface area contributed by atoms with Gasteiger partial charge in [-0.3, -0.25) is 0 Å². The third-order valence-corrected chi connectivity index (χ3v) is 2.41. The van der Waals surface area contributed by atoms with E-state index in [0.29, 0.717) is 12.0 Å². The number of carbonyl (C=O) groups excluding carboxylic acids is 1. The van der Waals surface area contributed by atoms with Gasteiger partial charge in [-0.15, -0.1) is 0 Å². The fraction of sp³-hybridized carbons (Fsp3) is 0.0769. The second kappa shape index (κ2) is 3.49. The highest BCUT2D eigenvalue weighted by molar-refractivity contribution is 5.75. The van der Waals surface area contributed by atoms with Crippen LogP contribution in [0.3, 0.4) is 0 Å². The van der Waals surface area contributed by atoms with Gasteiger partial charge in [0.15, 0.2) is 0 Å². The zero-order valence-corrected chi connectivity index (χ0v) is 7.79. The standard InChI is InChI=1S/C13H10O/c1-2-11-4-3-5-12-8-10(9-14)6-7-13(11)12/h2-7H,1,8H2. The van der Waals surface area contributed by atoms with Crippen LogP contribution in [0.1, 0.15) is 16.7 Å². The Hall–Kier alpha value is -1.85. The minimum absolute atomic E-state index is 0.678. The summed E-state index contributed by atoms with van der Waals surface area (Å²) in [6, 6.07) is 6.03. The van der Waals surface area contributed by atoms with Gasteiger partial charge in [-0.1, -0.05) is 36.9 Å². The summed E-state index contributed by atoms with van der Waals surface area (Å²) in [5, 5.41) is 0. The molecule has 0 saturated carbocycles. The second-order valence-electron chi connectivity index (χ2n) is 3.26. The van der Waals surface area contributed by atoms with Crippen molar-refractivity contribution in [1.82, 2.24) is 0 Å². The topological polar surface area (TPSA) is 17.1 Å². The smallest absolute Gasteiger partial charge is 0.128 e. The van der Waals surface area contributed by atoms with E-state index in [9.17, 15) is 4.79 Å². The molecule has 1 aliphatic rings. The van der Waals surface area contributed by atoms with Gasteiger partial charge in [-0.05, 0) is 22.8 Å². The van der Waals surface area contributed by atoms with Crippen molar-refractivity contribution in [3.8, 4) is 0 Å². The summed E-state index contributed by atoms with van der Waals surface area (Å²) in [5.41, 5.74) is 4.16. The lowest BCUT2D eigenvalue weighted by Crippen LogP contribution is -1.99. The average molecular weight is 182 g/mol. The lowest BCUT2D eigenvalue weighted by molar-refractivity contribution is 0.567. The van der Waals surface area contributed by atoms with E-state index in [1.54, 1.807) is 0 Å². The van der Waals surface area contributed by atoms with Crippen molar-refractivity contribution in [2.45, 2.75) is 6.42 Å². The molecule has 0 fully saturated rings. The first kappa shape index (κ1) is 8.74. The minimum atomic E-state index is 0.678. The van der Waals surface area contributed by atoms with Crippen LogP contribution in [0.2, 0.25) is 0 Å². The molecule has 1 aliphatic carbocycles. The van der Waals surface area contributed by atoms with Gasteiger partial charge in [0, 0.05) is 12.0 Å². The van der Waals surface area contributed by atoms with E-state index in [4.69, 9.17) is 0 Å². The summed E-state index contributed by atoms with van der Waals surface area (Å²) in [5.74, 6) is 1.94. The Labute approximate surface area is 83.1 Å². The predicted octanol–water partition coefficient (Wildman–Crippen LogP) is 2.66. The summed E-state index contributed by atoms with van der Waals surface area (Å²) in [7, 11) is 0. The van der Waals surface area contributed by atoms with Gasteiger partial charge in [-0.25, -0.2) is 4.79 Å². The summed E-state index contributed by atoms with van der Waals surface area (Å²) in [6.07, 6.45) is 6.29. The Morgan fingerprint density at radius 2 is 2.21 bits per heavy atom. The van der Waals surface area contributed by atoms with Crippen molar-refractivity contribution < 1.29 is 4.79 Å². The van der Waals surface area contributed by atoms with Crippen molar-refractivity contribution in [1.29, 1.82) is 0 Å². The van der Waals surface area contributed by atoms with Gasteiger partial charge in [0.25, 0.3) is 0 Å². The Morgan fingerprint density at radius 3 is 2.93 bits per heavy atom. The zero-order valence-electron chi connectivity index (χ0n) is 7.79. The Kier molecular flexibility index (Phi) is 2.18. The van der Waals surface area contributed by atoms with E-state index in [0.717, 1.165) is 5.56 Å². The number of allylic oxidation sites excluding steroid dienone is 2. The van der Waals surface area contributed by atoms with Crippen LogP contribution >= 0.6 is 0 Å². The normalized spacial score (nSPS) is 13.3. The molecule has 2 rings (SSSR count). The predicted molar refractivity (Wildman–Crippen MR) is 58.5 cm³/mol. The van der Waals surface area contributed by atoms with E-state index in [2.05, 4.69) is 6.58 Å². The molecular formula is C13H10O. The highest BCUT2D eigenvalue weighted by atomic mass is 16.1. The van der Waals surface area contributed by atoms with Gasteiger partial charge in [0.05, 0.1) is 0 Å². The third kappa shape index (κ3) is 1.34. The van der Waals surface area contributed by atoms with Crippen LogP contribution in [0, 0.1) is 0 Å². The van der Waals surface area contributed by atoms with E-state index in [-0.39, 0.29) is 0 Å². The molecule has 1 heteroatoms. The molecule has 14 heavy (non-hydrogen) atoms. The number of fused-ring (bicyclic) bond motifs is 1. The molecule has 0 unspecified atom stereocenters. The molecule has 0 saturated heterocycles. The van der Waals surface area contributed by atoms with Crippen LogP contribution < -0.4 is 0 Å². The van der Waals surface area contributed by atoms with Crippen LogP contribution in [-0.4, -0.2) is 5.94 Å². The largest absolute Gasteiger partial charge is 0.233 e. The van der Waals surface area contributed by atoms with E-state index < -0.39 is 0 Å². The molecule has 1 nitrogen and oxygen atoms in total. The highest BCUT2D eigenvalue weighted by Gasteiger charge is 2.09. The Bertz CT molecular complexity index is 460. The average Bonchev–Trinajstić information content (AvgIpc) is 2.27. The number of rotatable bonds is 1. The van der Waals surface area contributed by atoms with Gasteiger partial charge >= 0.3 is 0 Å². The highest BCUT2D eigenvalue weighted by Crippen LogP contribution is 2.24. The summed E-state index contributed by atoms with van der Waals surface area (Å²) in [4.78, 5) is 10.5. The second-order valence-corrected chi connectivity index (χ2v) is 3.26. The van der Waals surface area contributed by atoms with Gasteiger partial charge in [0.2, 0.25) is 0 Å². The maximum Gasteiger partial charge on any atom is 0.128 e.